The third-order valence-corrected chi connectivity index (χ3v) is 16.3. The topological polar surface area (TPSA) is 190 Å². The van der Waals surface area contributed by atoms with E-state index < -0.39 is 53.1 Å². The fraction of sp³-hybridized carbons (Fsp3) is 0.488. The van der Waals surface area contributed by atoms with Crippen LogP contribution in [0.25, 0.3) is 0 Å². The first-order valence-corrected chi connectivity index (χ1v) is 25.8. The lowest BCUT2D eigenvalue weighted by Gasteiger charge is -2.27. The molecule has 17 heteroatoms. The first-order chi connectivity index (χ1) is 28.0. The number of rotatable bonds is 19. The number of fused-ring (bicyclic) bond motifs is 2. The number of carbonyl (C=O) groups is 1. The average molecular weight is 905 g/mol. The highest BCUT2D eigenvalue weighted by atomic mass is 32.2. The highest BCUT2D eigenvalue weighted by Gasteiger charge is 2.44. The van der Waals surface area contributed by atoms with Crippen molar-refractivity contribution in [3.63, 3.8) is 0 Å². The van der Waals surface area contributed by atoms with Gasteiger partial charge >= 0.3 is 5.97 Å². The Balaban J connectivity index is 1.59. The van der Waals surface area contributed by atoms with E-state index in [2.05, 4.69) is 61.8 Å². The van der Waals surface area contributed by atoms with E-state index in [-0.39, 0.29) is 48.4 Å². The van der Waals surface area contributed by atoms with Crippen LogP contribution in [0.15, 0.2) is 93.4 Å². The number of para-hydroxylation sites is 1. The average Bonchev–Trinajstić information content (AvgIpc) is 3.50. The van der Waals surface area contributed by atoms with Gasteiger partial charge in [0, 0.05) is 78.1 Å². The highest BCUT2D eigenvalue weighted by Crippen LogP contribution is 2.49. The summed E-state index contributed by atoms with van der Waals surface area (Å²) in [6.45, 7) is 11.6. The number of hydrogen-bond donors (Lipinski definition) is 3. The normalized spacial score (nSPS) is 19.3. The van der Waals surface area contributed by atoms with Gasteiger partial charge in [0.1, 0.15) is 6.54 Å². The van der Waals surface area contributed by atoms with E-state index in [9.17, 15) is 39.2 Å². The van der Waals surface area contributed by atoms with E-state index in [1.165, 1.54) is 36.1 Å². The molecule has 0 saturated carbocycles. The Morgan fingerprint density at radius 3 is 2.27 bits per heavy atom. The van der Waals surface area contributed by atoms with Crippen molar-refractivity contribution in [1.29, 1.82) is 0 Å². The Kier molecular flexibility index (Phi) is 14.9. The molecule has 0 fully saturated rings. The van der Waals surface area contributed by atoms with Gasteiger partial charge in [0.25, 0.3) is 20.2 Å². The molecule has 2 aromatic rings. The lowest BCUT2D eigenvalue weighted by Crippen LogP contribution is -2.28. The maximum Gasteiger partial charge on any atom is 0.303 e. The van der Waals surface area contributed by atoms with E-state index in [1.807, 2.05) is 30.9 Å². The van der Waals surface area contributed by atoms with E-state index in [0.29, 0.717) is 17.7 Å². The lowest BCUT2D eigenvalue weighted by atomic mass is 9.81. The first kappa shape index (κ1) is 47.5. The molecule has 0 radical (unpaired) electrons. The van der Waals surface area contributed by atoms with Gasteiger partial charge in [-0.3, -0.25) is 13.9 Å². The Morgan fingerprint density at radius 2 is 1.60 bits per heavy atom. The Morgan fingerprint density at radius 1 is 0.900 bits per heavy atom. The fourth-order valence-electron chi connectivity index (χ4n) is 8.33. The number of anilines is 1. The summed E-state index contributed by atoms with van der Waals surface area (Å²) in [4.78, 5) is 14.0. The summed E-state index contributed by atoms with van der Waals surface area (Å²) >= 11 is 1.38. The first-order valence-electron chi connectivity index (χ1n) is 20.2. The minimum absolute atomic E-state index is 0.0205. The molecule has 0 atom stereocenters. The van der Waals surface area contributed by atoms with Crippen LogP contribution in [0.1, 0.15) is 90.7 Å². The van der Waals surface area contributed by atoms with Crippen molar-refractivity contribution in [1.82, 2.24) is 4.31 Å². The second-order valence-electron chi connectivity index (χ2n) is 16.5. The van der Waals surface area contributed by atoms with Crippen molar-refractivity contribution in [3.05, 3.63) is 99.6 Å². The smallest absolute Gasteiger partial charge is 0.303 e. The van der Waals surface area contributed by atoms with Gasteiger partial charge in [-0.25, -0.2) is 12.7 Å². The van der Waals surface area contributed by atoms with Crippen molar-refractivity contribution in [2.45, 2.75) is 95.3 Å². The molecule has 3 N–H and O–H groups in total. The second-order valence-corrected chi connectivity index (χ2v) is 22.8. The summed E-state index contributed by atoms with van der Waals surface area (Å²) in [6, 6.07) is 13.2. The third-order valence-electron chi connectivity index (χ3n) is 11.4. The zero-order valence-corrected chi connectivity index (χ0v) is 38.5. The number of nitrogens with zero attached hydrogens (tertiary/aromatic N) is 3. The Labute approximate surface area is 360 Å². The minimum atomic E-state index is -4.25. The molecule has 13 nitrogen and oxygen atoms in total. The van der Waals surface area contributed by atoms with E-state index in [1.54, 1.807) is 12.1 Å². The Hall–Kier alpha value is -3.58. The molecule has 2 aliphatic heterocycles. The number of carboxylic acids is 1. The zero-order valence-electron chi connectivity index (χ0n) is 35.2. The number of sulfonamides is 1. The SMILES string of the molecule is CCC[N+]1=C(C=CC2=C(SCCS(=O)(=O)O)/C(=C/C=C3/N(CCCS(=O)(=O)O)c4ccc(S(=O)(=O)N(C)CCCC(=O)O)cc4C3(C)C)CCC2)C(C)(C)c2ccccc21. The molecule has 60 heavy (non-hydrogen) atoms. The number of allylic oxidation sites excluding steroid dienone is 7. The largest absolute Gasteiger partial charge is 0.481 e. The molecule has 0 aromatic heterocycles. The van der Waals surface area contributed by atoms with Crippen LogP contribution in [-0.2, 0) is 45.9 Å². The third kappa shape index (κ3) is 10.9. The summed E-state index contributed by atoms with van der Waals surface area (Å²) in [5, 5.41) is 9.05. The molecule has 0 amide bonds. The van der Waals surface area contributed by atoms with Crippen LogP contribution in [0.4, 0.5) is 11.4 Å². The minimum Gasteiger partial charge on any atom is -0.481 e. The molecule has 0 bridgehead atoms. The lowest BCUT2D eigenvalue weighted by molar-refractivity contribution is -0.437. The summed E-state index contributed by atoms with van der Waals surface area (Å²) < 4.78 is 97.2. The number of benzene rings is 2. The van der Waals surface area contributed by atoms with Crippen molar-refractivity contribution in [3.8, 4) is 0 Å². The number of thioether (sulfide) groups is 1. The van der Waals surface area contributed by atoms with Crippen LogP contribution in [0.5, 0.6) is 0 Å². The molecule has 328 valence electrons. The number of hydrogen-bond acceptors (Lipinski definition) is 9. The molecule has 2 aromatic carbocycles. The molecule has 2 heterocycles. The van der Waals surface area contributed by atoms with Gasteiger partial charge in [-0.15, -0.1) is 11.8 Å². The molecule has 0 spiro atoms. The second kappa shape index (κ2) is 18.8. The summed E-state index contributed by atoms with van der Waals surface area (Å²) in [6.07, 6.45) is 11.6. The maximum absolute atomic E-state index is 13.7. The quantitative estimate of drug-likeness (QED) is 0.0934. The van der Waals surface area contributed by atoms with Crippen molar-refractivity contribution in [2.24, 2.45) is 0 Å². The van der Waals surface area contributed by atoms with Crippen LogP contribution in [-0.4, -0.2) is 104 Å². The fourth-order valence-corrected chi connectivity index (χ4v) is 12.2. The predicted molar refractivity (Wildman–Crippen MR) is 239 cm³/mol. The summed E-state index contributed by atoms with van der Waals surface area (Å²) in [7, 11) is -11.0. The van der Waals surface area contributed by atoms with Gasteiger partial charge in [0.2, 0.25) is 15.7 Å². The van der Waals surface area contributed by atoms with Crippen LogP contribution in [0, 0.1) is 0 Å². The van der Waals surface area contributed by atoms with Crippen molar-refractivity contribution in [2.75, 3.05) is 48.8 Å². The highest BCUT2D eigenvalue weighted by molar-refractivity contribution is 8.04. The maximum atomic E-state index is 13.7. The van der Waals surface area contributed by atoms with Crippen LogP contribution < -0.4 is 4.90 Å². The molecular formula is C43H58N3O10S4+. The van der Waals surface area contributed by atoms with Gasteiger partial charge in [0.15, 0.2) is 5.71 Å². The van der Waals surface area contributed by atoms with E-state index in [4.69, 9.17) is 5.11 Å². The van der Waals surface area contributed by atoms with Crippen molar-refractivity contribution < 1.29 is 48.8 Å². The van der Waals surface area contributed by atoms with Gasteiger partial charge in [-0.05, 0) is 86.9 Å². The van der Waals surface area contributed by atoms with Crippen LogP contribution in [0.3, 0.4) is 0 Å². The molecule has 3 aliphatic rings. The van der Waals surface area contributed by atoms with Gasteiger partial charge in [-0.1, -0.05) is 51.1 Å². The molecular weight excluding hydrogens is 847 g/mol. The van der Waals surface area contributed by atoms with Gasteiger partial charge in [0.05, 0.1) is 21.8 Å². The number of carboxylic acid groups (broad SMARTS) is 1. The molecule has 0 saturated heterocycles. The summed E-state index contributed by atoms with van der Waals surface area (Å²) in [5.74, 6) is -1.76. The van der Waals surface area contributed by atoms with Crippen LogP contribution >= 0.6 is 11.8 Å². The van der Waals surface area contributed by atoms with E-state index >= 15 is 0 Å². The zero-order chi connectivity index (χ0) is 44.3. The number of aliphatic carboxylic acids is 1. The Bertz CT molecular complexity index is 2480. The predicted octanol–water partition coefficient (Wildman–Crippen LogP) is 7.46. The summed E-state index contributed by atoms with van der Waals surface area (Å²) in [5.41, 5.74) is 6.73. The standard InChI is InChI=1S/C43H57N3O10S4/c1-7-24-45-36-16-9-8-15-34(36)42(2,3)38(45)22-18-31-13-10-14-32(41(31)57-27-29-59(52,53)54)19-23-39-43(4,5)35-30-33(60(55,56)44(6)25-11-17-40(47)48)20-21-37(35)46(39)26-12-28-58(49,50)51/h8-9,15-16,18-23,30H,7,10-14,17,24-29H2,1-6H3,(H2-,47,48,49,50,51,52,53,54)/p+1. The molecule has 0 unspecified atom stereocenters. The molecule has 5 rings (SSSR count). The van der Waals surface area contributed by atoms with E-state index in [0.717, 1.165) is 57.6 Å². The molecule has 1 aliphatic carbocycles. The van der Waals surface area contributed by atoms with Crippen LogP contribution in [0.2, 0.25) is 0 Å². The van der Waals surface area contributed by atoms with Gasteiger partial charge in [-0.2, -0.15) is 21.4 Å². The van der Waals surface area contributed by atoms with Crippen molar-refractivity contribution >= 4 is 65.1 Å². The van der Waals surface area contributed by atoms with Gasteiger partial charge < -0.3 is 10.0 Å². The monoisotopic (exact) mass is 904 g/mol.